The minimum Gasteiger partial charge on any atom is -0.392 e. The number of rotatable bonds is 5. The Labute approximate surface area is 99.6 Å². The van der Waals surface area contributed by atoms with Crippen molar-refractivity contribution >= 4 is 11.4 Å². The van der Waals surface area contributed by atoms with Gasteiger partial charge in [0.2, 0.25) is 0 Å². The Morgan fingerprint density at radius 1 is 1.59 bits per heavy atom. The van der Waals surface area contributed by atoms with Gasteiger partial charge in [0.25, 0.3) is 5.69 Å². The minimum atomic E-state index is -0.661. The Morgan fingerprint density at radius 2 is 2.24 bits per heavy atom. The molecule has 4 N–H and O–H groups in total. The number of hydrogen-bond donors (Lipinski definition) is 3. The van der Waals surface area contributed by atoms with Gasteiger partial charge in [-0.15, -0.1) is 0 Å². The average Bonchev–Trinajstić information content (AvgIpc) is 2.25. The second-order valence-electron chi connectivity index (χ2n) is 4.06. The van der Waals surface area contributed by atoms with Gasteiger partial charge in [0.15, 0.2) is 0 Å². The van der Waals surface area contributed by atoms with Gasteiger partial charge >= 0.3 is 0 Å². The molecule has 0 saturated heterocycles. The maximum absolute atomic E-state index is 10.8. The lowest BCUT2D eigenvalue weighted by Crippen LogP contribution is -2.38. The monoisotopic (exact) mass is 239 g/mol. The van der Waals surface area contributed by atoms with E-state index in [4.69, 9.17) is 5.73 Å². The van der Waals surface area contributed by atoms with Crippen molar-refractivity contribution in [1.82, 2.24) is 0 Å². The van der Waals surface area contributed by atoms with Crippen molar-refractivity contribution in [3.63, 3.8) is 0 Å². The first-order valence-corrected chi connectivity index (χ1v) is 5.34. The van der Waals surface area contributed by atoms with E-state index in [1.807, 2.05) is 6.92 Å². The summed E-state index contributed by atoms with van der Waals surface area (Å²) in [6.07, 6.45) is -0.661. The molecule has 0 aliphatic carbocycles. The van der Waals surface area contributed by atoms with Crippen LogP contribution in [0.4, 0.5) is 11.4 Å². The van der Waals surface area contributed by atoms with E-state index in [1.54, 1.807) is 19.1 Å². The molecule has 0 saturated carbocycles. The van der Waals surface area contributed by atoms with Crippen LogP contribution in [0.2, 0.25) is 0 Å². The van der Waals surface area contributed by atoms with Crippen molar-refractivity contribution in [2.75, 3.05) is 11.9 Å². The van der Waals surface area contributed by atoms with Crippen molar-refractivity contribution < 1.29 is 10.0 Å². The van der Waals surface area contributed by atoms with Gasteiger partial charge in [-0.2, -0.15) is 0 Å². The van der Waals surface area contributed by atoms with Crippen LogP contribution in [0.1, 0.15) is 12.5 Å². The highest BCUT2D eigenvalue weighted by atomic mass is 16.6. The first kappa shape index (κ1) is 13.4. The topological polar surface area (TPSA) is 101 Å². The van der Waals surface area contributed by atoms with E-state index in [9.17, 15) is 15.2 Å². The zero-order chi connectivity index (χ0) is 13.0. The fraction of sp³-hybridized carbons (Fsp3) is 0.455. The summed E-state index contributed by atoms with van der Waals surface area (Å²) in [4.78, 5) is 10.3. The highest BCUT2D eigenvalue weighted by Gasteiger charge is 2.15. The van der Waals surface area contributed by atoms with Gasteiger partial charge in [-0.25, -0.2) is 0 Å². The lowest BCUT2D eigenvalue weighted by molar-refractivity contribution is -0.384. The Morgan fingerprint density at radius 3 is 2.76 bits per heavy atom. The van der Waals surface area contributed by atoms with E-state index in [0.29, 0.717) is 5.69 Å². The average molecular weight is 239 g/mol. The summed E-state index contributed by atoms with van der Waals surface area (Å²) in [5, 5.41) is 22.9. The summed E-state index contributed by atoms with van der Waals surface area (Å²) in [6, 6.07) is 4.35. The number of aliphatic hydroxyl groups is 1. The quantitative estimate of drug-likeness (QED) is 0.526. The molecule has 6 nitrogen and oxygen atoms in total. The highest BCUT2D eigenvalue weighted by Crippen LogP contribution is 2.25. The van der Waals surface area contributed by atoms with Crippen LogP contribution >= 0.6 is 0 Å². The van der Waals surface area contributed by atoms with Gasteiger partial charge in [0.05, 0.1) is 11.0 Å². The molecule has 94 valence electrons. The molecule has 0 aromatic heterocycles. The molecule has 2 atom stereocenters. The molecule has 0 aliphatic rings. The van der Waals surface area contributed by atoms with Crippen LogP contribution in [-0.4, -0.2) is 28.7 Å². The fourth-order valence-corrected chi connectivity index (χ4v) is 1.35. The molecule has 1 aromatic carbocycles. The number of hydrogen-bond acceptors (Lipinski definition) is 5. The van der Waals surface area contributed by atoms with Crippen LogP contribution in [0.5, 0.6) is 0 Å². The second kappa shape index (κ2) is 5.60. The van der Waals surface area contributed by atoms with Crippen molar-refractivity contribution in [1.29, 1.82) is 0 Å². The van der Waals surface area contributed by atoms with Gasteiger partial charge in [-0.05, 0) is 25.5 Å². The number of nitro groups is 1. The fourth-order valence-electron chi connectivity index (χ4n) is 1.35. The molecule has 0 radical (unpaired) electrons. The van der Waals surface area contributed by atoms with Crippen LogP contribution in [0, 0.1) is 17.0 Å². The number of aryl methyl sites for hydroxylation is 1. The van der Waals surface area contributed by atoms with Crippen molar-refractivity contribution in [3.05, 3.63) is 33.9 Å². The summed E-state index contributed by atoms with van der Waals surface area (Å²) in [5.41, 5.74) is 7.00. The van der Waals surface area contributed by atoms with E-state index in [2.05, 4.69) is 5.32 Å². The summed E-state index contributed by atoms with van der Waals surface area (Å²) in [7, 11) is 0. The van der Waals surface area contributed by atoms with Crippen molar-refractivity contribution in [2.45, 2.75) is 26.0 Å². The smallest absolute Gasteiger partial charge is 0.292 e. The van der Waals surface area contributed by atoms with Gasteiger partial charge in [-0.1, -0.05) is 6.07 Å². The molecule has 0 bridgehead atoms. The normalized spacial score (nSPS) is 14.1. The molecule has 0 spiro atoms. The summed E-state index contributed by atoms with van der Waals surface area (Å²) < 4.78 is 0. The largest absolute Gasteiger partial charge is 0.392 e. The van der Waals surface area contributed by atoms with Crippen LogP contribution < -0.4 is 11.1 Å². The van der Waals surface area contributed by atoms with Crippen molar-refractivity contribution in [2.24, 2.45) is 5.73 Å². The Bertz CT molecular complexity index is 407. The first-order valence-electron chi connectivity index (χ1n) is 5.34. The molecule has 6 heteroatoms. The van der Waals surface area contributed by atoms with Crippen molar-refractivity contribution in [3.8, 4) is 0 Å². The lowest BCUT2D eigenvalue weighted by atomic mass is 10.1. The number of benzene rings is 1. The summed E-state index contributed by atoms with van der Waals surface area (Å²) >= 11 is 0. The standard InChI is InChI=1S/C11H17N3O3/c1-7-3-4-11(14(16)17)10(5-7)13-6-9(12)8(2)15/h3-5,8-9,13,15H,6,12H2,1-2H3. The van der Waals surface area contributed by atoms with E-state index in [0.717, 1.165) is 5.56 Å². The summed E-state index contributed by atoms with van der Waals surface area (Å²) in [6.45, 7) is 3.71. The number of anilines is 1. The molecule has 0 aliphatic heterocycles. The van der Waals surface area contributed by atoms with Gasteiger partial charge in [0, 0.05) is 18.7 Å². The minimum absolute atomic E-state index is 0.00777. The second-order valence-corrected chi connectivity index (χ2v) is 4.06. The van der Waals surface area contributed by atoms with Gasteiger partial charge in [-0.3, -0.25) is 10.1 Å². The molecular formula is C11H17N3O3. The maximum atomic E-state index is 10.8. The predicted molar refractivity (Wildman–Crippen MR) is 66.0 cm³/mol. The van der Waals surface area contributed by atoms with E-state index >= 15 is 0 Å². The van der Waals surface area contributed by atoms with E-state index in [-0.39, 0.29) is 12.2 Å². The number of nitrogens with two attached hydrogens (primary N) is 1. The zero-order valence-corrected chi connectivity index (χ0v) is 9.88. The Hall–Kier alpha value is -1.66. The number of nitrogens with one attached hydrogen (secondary N) is 1. The molecule has 17 heavy (non-hydrogen) atoms. The van der Waals surface area contributed by atoms with Crippen LogP contribution in [-0.2, 0) is 0 Å². The zero-order valence-electron chi connectivity index (χ0n) is 9.88. The lowest BCUT2D eigenvalue weighted by Gasteiger charge is -2.16. The molecule has 2 unspecified atom stereocenters. The van der Waals surface area contributed by atoms with Gasteiger partial charge < -0.3 is 16.2 Å². The third kappa shape index (κ3) is 3.69. The predicted octanol–water partition coefficient (Wildman–Crippen LogP) is 1.02. The van der Waals surface area contributed by atoms with Crippen LogP contribution in [0.15, 0.2) is 18.2 Å². The van der Waals surface area contributed by atoms with Crippen LogP contribution in [0.3, 0.4) is 0 Å². The van der Waals surface area contributed by atoms with E-state index in [1.165, 1.54) is 6.07 Å². The molecule has 0 amide bonds. The van der Waals surface area contributed by atoms with Gasteiger partial charge in [0.1, 0.15) is 5.69 Å². The SMILES string of the molecule is Cc1ccc([N+](=O)[O-])c(NCC(N)C(C)O)c1. The first-order chi connectivity index (χ1) is 7.91. The molecule has 0 heterocycles. The Kier molecular flexibility index (Phi) is 4.42. The summed E-state index contributed by atoms with van der Waals surface area (Å²) in [5.74, 6) is 0. The molecule has 0 fully saturated rings. The van der Waals surface area contributed by atoms with Crippen LogP contribution in [0.25, 0.3) is 0 Å². The molecule has 1 aromatic rings. The number of aliphatic hydroxyl groups excluding tert-OH is 1. The Balaban J connectivity index is 2.82. The third-order valence-electron chi connectivity index (χ3n) is 2.50. The third-order valence-corrected chi connectivity index (χ3v) is 2.50. The molecule has 1 rings (SSSR count). The van der Waals surface area contributed by atoms with E-state index < -0.39 is 17.1 Å². The maximum Gasteiger partial charge on any atom is 0.292 e. The number of nitrogens with zero attached hydrogens (tertiary/aromatic N) is 1. The highest BCUT2D eigenvalue weighted by molar-refractivity contribution is 5.62. The molecular weight excluding hydrogens is 222 g/mol. The number of nitro benzene ring substituents is 1.